The van der Waals surface area contributed by atoms with E-state index in [1.807, 2.05) is 22.7 Å². The molecule has 6 heterocycles. The van der Waals surface area contributed by atoms with Crippen LogP contribution in [-0.2, 0) is 0 Å². The lowest BCUT2D eigenvalue weighted by molar-refractivity contribution is 0.487. The van der Waals surface area contributed by atoms with Crippen LogP contribution in [0.2, 0.25) is 0 Å². The maximum Gasteiger partial charge on any atom is 0.256 e. The summed E-state index contributed by atoms with van der Waals surface area (Å²) in [6.07, 6.45) is 0. The Morgan fingerprint density at radius 1 is 0.255 bits per heavy atom. The number of rotatable bonds is 11. The van der Waals surface area contributed by atoms with Crippen LogP contribution in [0.25, 0.3) is 62.6 Å². The summed E-state index contributed by atoms with van der Waals surface area (Å²) in [5.74, 6) is 1.65. The summed E-state index contributed by atoms with van der Waals surface area (Å²) in [5, 5.41) is 4.88. The zero-order valence-electron chi connectivity index (χ0n) is 57.3. The molecule has 2 aromatic heterocycles. The molecular formula is C96H61B2N5OS2. The molecule has 4 aliphatic heterocycles. The van der Waals surface area contributed by atoms with Crippen molar-refractivity contribution < 1.29 is 4.74 Å². The van der Waals surface area contributed by atoms with Gasteiger partial charge in [-0.2, -0.15) is 0 Å². The predicted molar refractivity (Wildman–Crippen MR) is 452 cm³/mol. The first-order valence-electron chi connectivity index (χ1n) is 36.3. The van der Waals surface area contributed by atoms with Crippen molar-refractivity contribution in [3.05, 3.63) is 370 Å². The number of hydrogen-bond acceptors (Lipinski definition) is 8. The Morgan fingerprint density at radius 2 is 0.670 bits per heavy atom. The Bertz CT molecular complexity index is 6460. The van der Waals surface area contributed by atoms with Crippen molar-refractivity contribution in [2.24, 2.45) is 0 Å². The lowest BCUT2D eigenvalue weighted by Gasteiger charge is -2.47. The molecule has 0 spiro atoms. The summed E-state index contributed by atoms with van der Waals surface area (Å²) < 4.78 is 12.6. The molecule has 10 heteroatoms. The summed E-state index contributed by atoms with van der Waals surface area (Å²) in [4.78, 5) is 12.8. The zero-order valence-corrected chi connectivity index (χ0v) is 59.0. The van der Waals surface area contributed by atoms with Crippen LogP contribution in [0.5, 0.6) is 11.5 Å². The van der Waals surface area contributed by atoms with Crippen LogP contribution >= 0.6 is 22.7 Å². The third kappa shape index (κ3) is 9.31. The minimum atomic E-state index is -0.272. The van der Waals surface area contributed by atoms with E-state index in [1.165, 1.54) is 62.2 Å². The van der Waals surface area contributed by atoms with E-state index in [2.05, 4.69) is 395 Å². The highest BCUT2D eigenvalue weighted by atomic mass is 32.1. The topological polar surface area (TPSA) is 25.4 Å². The number of anilines is 15. The maximum atomic E-state index is 7.65. The van der Waals surface area contributed by atoms with E-state index in [1.54, 1.807) is 0 Å². The van der Waals surface area contributed by atoms with Crippen molar-refractivity contribution in [1.82, 2.24) is 0 Å². The summed E-state index contributed by atoms with van der Waals surface area (Å²) in [6, 6.07) is 137. The minimum absolute atomic E-state index is 0.231. The van der Waals surface area contributed by atoms with E-state index in [9.17, 15) is 0 Å². The van der Waals surface area contributed by atoms with Gasteiger partial charge in [0.15, 0.2) is 0 Å². The quantitative estimate of drug-likeness (QED) is 0.120. The van der Waals surface area contributed by atoms with Gasteiger partial charge in [0.1, 0.15) is 11.5 Å². The van der Waals surface area contributed by atoms with Gasteiger partial charge in [-0.05, 0) is 165 Å². The van der Waals surface area contributed by atoms with Crippen LogP contribution in [0.1, 0.15) is 0 Å². The first-order valence-corrected chi connectivity index (χ1v) is 37.9. The highest BCUT2D eigenvalue weighted by Gasteiger charge is 2.49. The van der Waals surface area contributed by atoms with Gasteiger partial charge in [-0.1, -0.05) is 243 Å². The number of ether oxygens (including phenoxy) is 1. The standard InChI is InChI=1S/C96H61B2N5OS2/c1-7-30-62(31-8-1)70-44-27-45-71(63-32-9-2-10-33-63)96(70)100(66-38-15-5-16-39-66)69-58-85-95-87(59-69)104-86-51-24-22-47-75(86)98(95)77-60-76-81(61-82(77)103(85)80-50-29-55-91-93(80)73-43-20-26-53-89(73)106-91)102(79-49-28-54-90-92(79)72-42-19-25-52-88(72)105-90)84-57-68(99(64-34-11-3-12-35-64)65-36-13-4-14-37-65)56-83-94(84)97(76)74-46-21-23-48-78(74)101(83)67-40-17-6-18-41-67/h1-61H. The van der Waals surface area contributed by atoms with E-state index >= 15 is 0 Å². The number of benzene rings is 16. The van der Waals surface area contributed by atoms with Crippen LogP contribution in [-0.4, -0.2) is 13.4 Å². The number of para-hydroxylation sites is 7. The molecule has 0 saturated carbocycles. The van der Waals surface area contributed by atoms with E-state index < -0.39 is 0 Å². The van der Waals surface area contributed by atoms with Crippen molar-refractivity contribution in [1.29, 1.82) is 0 Å². The molecular weight excluding hydrogens is 1320 g/mol. The van der Waals surface area contributed by atoms with E-state index in [0.29, 0.717) is 0 Å². The van der Waals surface area contributed by atoms with Crippen LogP contribution in [0, 0.1) is 0 Å². The first-order chi connectivity index (χ1) is 52.6. The van der Waals surface area contributed by atoms with Gasteiger partial charge in [-0.25, -0.2) is 0 Å². The van der Waals surface area contributed by atoms with Gasteiger partial charge in [0, 0.05) is 114 Å². The third-order valence-electron chi connectivity index (χ3n) is 22.0. The molecule has 22 rings (SSSR count). The first kappa shape index (κ1) is 60.5. The third-order valence-corrected chi connectivity index (χ3v) is 24.3. The second kappa shape index (κ2) is 24.3. The fraction of sp³-hybridized carbons (Fsp3) is 0. The molecule has 0 atom stereocenters. The average molecular weight is 1390 g/mol. The molecule has 0 N–H and O–H groups in total. The molecule has 0 amide bonds. The number of fused-ring (bicyclic) bond motifs is 14. The molecule has 0 aliphatic carbocycles. The molecule has 6 nitrogen and oxygen atoms in total. The van der Waals surface area contributed by atoms with Gasteiger partial charge in [-0.3, -0.25) is 0 Å². The lowest BCUT2D eigenvalue weighted by Crippen LogP contribution is -2.64. The van der Waals surface area contributed by atoms with Crippen molar-refractivity contribution in [3.63, 3.8) is 0 Å². The van der Waals surface area contributed by atoms with Crippen molar-refractivity contribution in [3.8, 4) is 33.8 Å². The van der Waals surface area contributed by atoms with Gasteiger partial charge >= 0.3 is 0 Å². The second-order valence-electron chi connectivity index (χ2n) is 27.8. The van der Waals surface area contributed by atoms with Crippen molar-refractivity contribution in [2.75, 3.05) is 24.5 Å². The average Bonchev–Trinajstić information content (AvgIpc) is 0.782. The number of thiophene rings is 2. The maximum absolute atomic E-state index is 7.65. The lowest BCUT2D eigenvalue weighted by atomic mass is 9.30. The SMILES string of the molecule is c1ccc(-c2cccc(-c3ccccc3)c2N(c2ccccc2)c2cc3c4c(c2)N(c2cccc5sc6ccccc6c25)c2cc5c(cc2B4c2ccccc2O3)B2c3ccccc3N(c3ccccc3)c3cc(N(c4ccccc4)c4ccccc4)cc(c32)N5c2cccc3sc4ccccc4c23)cc1. The molecule has 18 aromatic rings. The van der Waals surface area contributed by atoms with Gasteiger partial charge in [0.25, 0.3) is 13.4 Å². The van der Waals surface area contributed by atoms with Crippen LogP contribution in [0.15, 0.2) is 370 Å². The highest BCUT2D eigenvalue weighted by molar-refractivity contribution is 7.26. The van der Waals surface area contributed by atoms with E-state index in [0.717, 1.165) is 130 Å². The fourth-order valence-electron chi connectivity index (χ4n) is 17.7. The summed E-state index contributed by atoms with van der Waals surface area (Å²) >= 11 is 3.72. The summed E-state index contributed by atoms with van der Waals surface area (Å²) in [7, 11) is 0. The van der Waals surface area contributed by atoms with Gasteiger partial charge in [-0.15, -0.1) is 22.7 Å². The molecule has 0 saturated heterocycles. The normalized spacial score (nSPS) is 12.9. The van der Waals surface area contributed by atoms with Gasteiger partial charge in [0.05, 0.1) is 28.4 Å². The monoisotopic (exact) mass is 1390 g/mol. The Kier molecular flexibility index (Phi) is 13.8. The van der Waals surface area contributed by atoms with E-state index in [-0.39, 0.29) is 13.4 Å². The Hall–Kier alpha value is -13.1. The molecule has 0 radical (unpaired) electrons. The smallest absolute Gasteiger partial charge is 0.256 e. The van der Waals surface area contributed by atoms with Crippen molar-refractivity contribution >= 4 is 195 Å². The molecule has 0 unspecified atom stereocenters. The predicted octanol–water partition coefficient (Wildman–Crippen LogP) is 23.2. The molecule has 494 valence electrons. The largest absolute Gasteiger partial charge is 0.458 e. The fourth-order valence-corrected chi connectivity index (χ4v) is 19.9. The zero-order chi connectivity index (χ0) is 69.5. The van der Waals surface area contributed by atoms with Crippen LogP contribution in [0.3, 0.4) is 0 Å². The number of nitrogens with zero attached hydrogens (tertiary/aromatic N) is 5. The van der Waals surface area contributed by atoms with Crippen molar-refractivity contribution in [2.45, 2.75) is 0 Å². The number of hydrogen-bond donors (Lipinski definition) is 0. The van der Waals surface area contributed by atoms with Crippen LogP contribution in [0.4, 0.5) is 85.3 Å². The second-order valence-corrected chi connectivity index (χ2v) is 29.9. The van der Waals surface area contributed by atoms with Gasteiger partial charge < -0.3 is 29.2 Å². The molecule has 106 heavy (non-hydrogen) atoms. The minimum Gasteiger partial charge on any atom is -0.458 e. The van der Waals surface area contributed by atoms with Gasteiger partial charge in [0.2, 0.25) is 0 Å². The molecule has 0 fully saturated rings. The Balaban J connectivity index is 0.891. The molecule has 16 aromatic carbocycles. The molecule has 0 bridgehead atoms. The summed E-state index contributed by atoms with van der Waals surface area (Å²) in [6.45, 7) is -0.502. The highest BCUT2D eigenvalue weighted by Crippen LogP contribution is 2.56. The molecule has 4 aliphatic rings. The van der Waals surface area contributed by atoms with E-state index in [4.69, 9.17) is 4.74 Å². The van der Waals surface area contributed by atoms with Crippen LogP contribution < -0.4 is 62.0 Å². The Morgan fingerprint density at radius 3 is 1.24 bits per heavy atom. The Labute approximate surface area is 623 Å². The summed E-state index contributed by atoms with van der Waals surface area (Å²) in [5.41, 5.74) is 27.7.